The summed E-state index contributed by atoms with van der Waals surface area (Å²) in [7, 11) is 2.08. The Morgan fingerprint density at radius 3 is 2.83 bits per heavy atom. The van der Waals surface area contributed by atoms with E-state index in [0.29, 0.717) is 18.4 Å². The third kappa shape index (κ3) is 3.21. The highest BCUT2D eigenvalue weighted by atomic mass is 19.1. The molecular formula is C14H21FN2O. The first kappa shape index (κ1) is 13.3. The minimum absolute atomic E-state index is 0.225. The second-order valence-electron chi connectivity index (χ2n) is 5.01. The second-order valence-corrected chi connectivity index (χ2v) is 5.01. The Kier molecular flexibility index (Phi) is 4.19. The molecule has 0 saturated heterocycles. The van der Waals surface area contributed by atoms with Crippen molar-refractivity contribution in [1.82, 2.24) is 4.90 Å². The number of likely N-dealkylation sites (N-methyl/N-ethyl adjacent to an activating group) is 1. The van der Waals surface area contributed by atoms with E-state index in [1.165, 1.54) is 18.9 Å². The maximum absolute atomic E-state index is 13.7. The highest BCUT2D eigenvalue weighted by molar-refractivity contribution is 5.36. The molecule has 0 amide bonds. The van der Waals surface area contributed by atoms with Gasteiger partial charge in [0.05, 0.1) is 0 Å². The van der Waals surface area contributed by atoms with Crippen LogP contribution in [0, 0.1) is 5.82 Å². The Labute approximate surface area is 108 Å². The number of rotatable bonds is 6. The van der Waals surface area contributed by atoms with E-state index < -0.39 is 0 Å². The standard InChI is InChI=1S/C14H21FN2O/c1-10(16)12-4-3-5-13(15)14(12)18-9-8-17(2)11-6-7-11/h3-5,10-11H,6-9,16H2,1-2H3/t10-/m0/s1. The van der Waals surface area contributed by atoms with Gasteiger partial charge in [-0.3, -0.25) is 0 Å². The van der Waals surface area contributed by atoms with Crippen LogP contribution in [-0.2, 0) is 0 Å². The Morgan fingerprint density at radius 1 is 1.50 bits per heavy atom. The molecule has 1 aromatic rings. The van der Waals surface area contributed by atoms with Gasteiger partial charge in [-0.15, -0.1) is 0 Å². The summed E-state index contributed by atoms with van der Waals surface area (Å²) in [5.74, 6) is -0.0319. The van der Waals surface area contributed by atoms with E-state index >= 15 is 0 Å². The first-order chi connectivity index (χ1) is 8.59. The van der Waals surface area contributed by atoms with Crippen LogP contribution in [0.2, 0.25) is 0 Å². The van der Waals surface area contributed by atoms with Crippen LogP contribution in [0.5, 0.6) is 5.75 Å². The number of benzene rings is 1. The van der Waals surface area contributed by atoms with Crippen molar-refractivity contribution in [1.29, 1.82) is 0 Å². The zero-order valence-electron chi connectivity index (χ0n) is 11.0. The molecule has 18 heavy (non-hydrogen) atoms. The van der Waals surface area contributed by atoms with Crippen LogP contribution in [0.25, 0.3) is 0 Å². The maximum atomic E-state index is 13.7. The van der Waals surface area contributed by atoms with Gasteiger partial charge in [-0.1, -0.05) is 12.1 Å². The first-order valence-corrected chi connectivity index (χ1v) is 6.46. The summed E-state index contributed by atoms with van der Waals surface area (Å²) in [6.45, 7) is 3.14. The van der Waals surface area contributed by atoms with Crippen molar-refractivity contribution in [2.75, 3.05) is 20.2 Å². The number of halogens is 1. The van der Waals surface area contributed by atoms with Crippen molar-refractivity contribution in [3.05, 3.63) is 29.6 Å². The van der Waals surface area contributed by atoms with E-state index in [9.17, 15) is 4.39 Å². The van der Waals surface area contributed by atoms with Crippen LogP contribution in [0.15, 0.2) is 18.2 Å². The molecule has 2 N–H and O–H groups in total. The largest absolute Gasteiger partial charge is 0.489 e. The van der Waals surface area contributed by atoms with E-state index in [4.69, 9.17) is 10.5 Å². The van der Waals surface area contributed by atoms with Gasteiger partial charge in [0.1, 0.15) is 6.61 Å². The summed E-state index contributed by atoms with van der Waals surface area (Å²) in [4.78, 5) is 2.26. The molecule has 0 aliphatic heterocycles. The van der Waals surface area contributed by atoms with Gasteiger partial charge in [-0.05, 0) is 32.9 Å². The van der Waals surface area contributed by atoms with Gasteiger partial charge in [0.15, 0.2) is 11.6 Å². The smallest absolute Gasteiger partial charge is 0.165 e. The van der Waals surface area contributed by atoms with Gasteiger partial charge in [0, 0.05) is 24.2 Å². The molecule has 2 rings (SSSR count). The Hall–Kier alpha value is -1.13. The van der Waals surface area contributed by atoms with Gasteiger partial charge < -0.3 is 15.4 Å². The fraction of sp³-hybridized carbons (Fsp3) is 0.571. The molecule has 100 valence electrons. The highest BCUT2D eigenvalue weighted by Crippen LogP contribution is 2.28. The van der Waals surface area contributed by atoms with Crippen molar-refractivity contribution < 1.29 is 9.13 Å². The average molecular weight is 252 g/mol. The second kappa shape index (κ2) is 5.67. The van der Waals surface area contributed by atoms with Gasteiger partial charge >= 0.3 is 0 Å². The molecule has 1 aliphatic rings. The Balaban J connectivity index is 1.94. The van der Waals surface area contributed by atoms with E-state index in [2.05, 4.69) is 11.9 Å². The van der Waals surface area contributed by atoms with Crippen molar-refractivity contribution in [3.8, 4) is 5.75 Å². The fourth-order valence-corrected chi connectivity index (χ4v) is 2.03. The third-order valence-corrected chi connectivity index (χ3v) is 3.35. The van der Waals surface area contributed by atoms with E-state index in [1.807, 2.05) is 13.0 Å². The predicted molar refractivity (Wildman–Crippen MR) is 70.1 cm³/mol. The van der Waals surface area contributed by atoms with Gasteiger partial charge in [-0.2, -0.15) is 0 Å². The fourth-order valence-electron chi connectivity index (χ4n) is 2.03. The number of hydrogen-bond donors (Lipinski definition) is 1. The molecule has 0 heterocycles. The molecule has 1 aliphatic carbocycles. The normalized spacial score (nSPS) is 16.9. The van der Waals surface area contributed by atoms with E-state index in [0.717, 1.165) is 12.1 Å². The number of nitrogens with zero attached hydrogens (tertiary/aromatic N) is 1. The summed E-state index contributed by atoms with van der Waals surface area (Å²) < 4.78 is 19.3. The minimum atomic E-state index is -0.334. The summed E-state index contributed by atoms with van der Waals surface area (Å²) in [5, 5.41) is 0. The molecule has 0 spiro atoms. The minimum Gasteiger partial charge on any atom is -0.489 e. The van der Waals surface area contributed by atoms with Crippen molar-refractivity contribution in [2.45, 2.75) is 31.8 Å². The predicted octanol–water partition coefficient (Wildman–Crippen LogP) is 2.32. The van der Waals surface area contributed by atoms with Crippen molar-refractivity contribution in [2.24, 2.45) is 5.73 Å². The summed E-state index contributed by atoms with van der Waals surface area (Å²) in [6, 6.07) is 5.36. The number of hydrogen-bond acceptors (Lipinski definition) is 3. The van der Waals surface area contributed by atoms with Crippen LogP contribution in [0.3, 0.4) is 0 Å². The SMILES string of the molecule is C[C@H](N)c1cccc(F)c1OCCN(C)C1CC1. The molecular weight excluding hydrogens is 231 g/mol. The monoisotopic (exact) mass is 252 g/mol. The topological polar surface area (TPSA) is 38.5 Å². The summed E-state index contributed by atoms with van der Waals surface area (Å²) >= 11 is 0. The van der Waals surface area contributed by atoms with Crippen LogP contribution in [0.1, 0.15) is 31.4 Å². The third-order valence-electron chi connectivity index (χ3n) is 3.35. The lowest BCUT2D eigenvalue weighted by molar-refractivity contribution is 0.223. The van der Waals surface area contributed by atoms with Crippen LogP contribution >= 0.6 is 0 Å². The van der Waals surface area contributed by atoms with Crippen molar-refractivity contribution in [3.63, 3.8) is 0 Å². The Bertz CT molecular complexity index is 405. The molecule has 1 aromatic carbocycles. The van der Waals surface area contributed by atoms with E-state index in [1.54, 1.807) is 6.07 Å². The van der Waals surface area contributed by atoms with Crippen molar-refractivity contribution >= 4 is 0 Å². The first-order valence-electron chi connectivity index (χ1n) is 6.46. The molecule has 1 fully saturated rings. The Morgan fingerprint density at radius 2 is 2.22 bits per heavy atom. The quantitative estimate of drug-likeness (QED) is 0.844. The molecule has 4 heteroatoms. The number of nitrogens with two attached hydrogens (primary N) is 1. The molecule has 0 radical (unpaired) electrons. The number of ether oxygens (including phenoxy) is 1. The molecule has 1 saturated carbocycles. The molecule has 0 aromatic heterocycles. The van der Waals surface area contributed by atoms with E-state index in [-0.39, 0.29) is 11.9 Å². The summed E-state index contributed by atoms with van der Waals surface area (Å²) in [6.07, 6.45) is 2.53. The van der Waals surface area contributed by atoms with Crippen LogP contribution in [-0.4, -0.2) is 31.1 Å². The molecule has 0 bridgehead atoms. The lowest BCUT2D eigenvalue weighted by atomic mass is 10.1. The lowest BCUT2D eigenvalue weighted by Gasteiger charge is -2.18. The number of para-hydroxylation sites is 1. The molecule has 3 nitrogen and oxygen atoms in total. The van der Waals surface area contributed by atoms with Crippen LogP contribution < -0.4 is 10.5 Å². The van der Waals surface area contributed by atoms with Gasteiger partial charge in [0.25, 0.3) is 0 Å². The molecule has 1 atom stereocenters. The van der Waals surface area contributed by atoms with Gasteiger partial charge in [-0.25, -0.2) is 4.39 Å². The lowest BCUT2D eigenvalue weighted by Crippen LogP contribution is -2.26. The van der Waals surface area contributed by atoms with Gasteiger partial charge in [0.2, 0.25) is 0 Å². The van der Waals surface area contributed by atoms with Crippen LogP contribution in [0.4, 0.5) is 4.39 Å². The zero-order valence-corrected chi connectivity index (χ0v) is 11.0. The summed E-state index contributed by atoms with van der Waals surface area (Å²) in [5.41, 5.74) is 6.54. The highest BCUT2D eigenvalue weighted by Gasteiger charge is 2.25. The maximum Gasteiger partial charge on any atom is 0.165 e. The molecule has 0 unspecified atom stereocenters. The average Bonchev–Trinajstić information content (AvgIpc) is 3.14. The zero-order chi connectivity index (χ0) is 13.1.